The maximum Gasteiger partial charge on any atom is 0.208 e. The summed E-state index contributed by atoms with van der Waals surface area (Å²) in [5.74, 6) is 2.11. The molecule has 2 aromatic rings. The van der Waals surface area contributed by atoms with Crippen molar-refractivity contribution in [2.24, 2.45) is 5.92 Å². The summed E-state index contributed by atoms with van der Waals surface area (Å²) in [6, 6.07) is 9.63. The smallest absolute Gasteiger partial charge is 0.208 e. The monoisotopic (exact) mass is 326 g/mol. The first-order valence-electron chi connectivity index (χ1n) is 8.70. The lowest BCUT2D eigenvalue weighted by Gasteiger charge is -2.30. The molecule has 0 N–H and O–H groups in total. The Kier molecular flexibility index (Phi) is 4.86. The zero-order chi connectivity index (χ0) is 17.2. The van der Waals surface area contributed by atoms with Crippen molar-refractivity contribution in [1.82, 2.24) is 9.88 Å². The van der Waals surface area contributed by atoms with Crippen LogP contribution in [0.25, 0.3) is 0 Å². The van der Waals surface area contributed by atoms with Crippen LogP contribution in [0, 0.1) is 5.92 Å². The minimum atomic E-state index is -0.0135. The second-order valence-electron chi connectivity index (χ2n) is 7.65. The van der Waals surface area contributed by atoms with E-state index in [-0.39, 0.29) is 17.1 Å². The quantitative estimate of drug-likeness (QED) is 0.795. The topological polar surface area (TPSA) is 46.3 Å². The third kappa shape index (κ3) is 3.93. The molecule has 128 valence electrons. The van der Waals surface area contributed by atoms with Gasteiger partial charge in [0.2, 0.25) is 5.89 Å². The molecule has 1 aromatic heterocycles. The van der Waals surface area contributed by atoms with E-state index in [0.29, 0.717) is 0 Å². The van der Waals surface area contributed by atoms with Gasteiger partial charge in [0.25, 0.3) is 0 Å². The first-order valence-corrected chi connectivity index (χ1v) is 8.70. The van der Waals surface area contributed by atoms with E-state index in [9.17, 15) is 4.79 Å². The van der Waals surface area contributed by atoms with E-state index >= 15 is 0 Å². The summed E-state index contributed by atoms with van der Waals surface area (Å²) in [5, 5.41) is 0. The molecule has 1 aliphatic rings. The SMILES string of the molecule is CC(C)(C)c1cnc(CN2CCC(C(=O)c3ccccc3)CC2)o1. The number of rotatable bonds is 4. The van der Waals surface area contributed by atoms with Crippen molar-refractivity contribution >= 4 is 5.78 Å². The molecular formula is C20H26N2O2. The second kappa shape index (κ2) is 6.89. The number of oxazole rings is 1. The fourth-order valence-electron chi connectivity index (χ4n) is 3.11. The Bertz CT molecular complexity index is 677. The normalized spacial score (nSPS) is 17.1. The Labute approximate surface area is 143 Å². The van der Waals surface area contributed by atoms with E-state index in [4.69, 9.17) is 4.42 Å². The summed E-state index contributed by atoms with van der Waals surface area (Å²) in [6.07, 6.45) is 3.64. The molecule has 0 atom stereocenters. The Morgan fingerprint density at radius 3 is 2.46 bits per heavy atom. The molecule has 1 aromatic carbocycles. The first kappa shape index (κ1) is 16.9. The summed E-state index contributed by atoms with van der Waals surface area (Å²) in [7, 11) is 0. The van der Waals surface area contributed by atoms with Crippen LogP contribution in [0.1, 0.15) is 55.6 Å². The fraction of sp³-hybridized carbons (Fsp3) is 0.500. The highest BCUT2D eigenvalue weighted by Gasteiger charge is 2.27. The number of ketones is 1. The molecule has 1 fully saturated rings. The molecule has 0 unspecified atom stereocenters. The van der Waals surface area contributed by atoms with Gasteiger partial charge in [-0.15, -0.1) is 0 Å². The van der Waals surface area contributed by atoms with Crippen LogP contribution in [0.4, 0.5) is 0 Å². The number of carbonyl (C=O) groups excluding carboxylic acids is 1. The molecule has 0 saturated carbocycles. The van der Waals surface area contributed by atoms with Crippen LogP contribution in [-0.4, -0.2) is 28.8 Å². The van der Waals surface area contributed by atoms with Gasteiger partial charge in [0, 0.05) is 16.9 Å². The lowest BCUT2D eigenvalue weighted by Crippen LogP contribution is -2.36. The van der Waals surface area contributed by atoms with Gasteiger partial charge < -0.3 is 4.42 Å². The maximum absolute atomic E-state index is 12.5. The minimum absolute atomic E-state index is 0.0135. The standard InChI is InChI=1S/C20H26N2O2/c1-20(2,3)17-13-21-18(24-17)14-22-11-9-16(10-12-22)19(23)15-7-5-4-6-8-15/h4-8,13,16H,9-12,14H2,1-3H3. The van der Waals surface area contributed by atoms with Crippen molar-refractivity contribution in [3.05, 3.63) is 53.7 Å². The molecule has 3 rings (SSSR count). The van der Waals surface area contributed by atoms with Crippen molar-refractivity contribution in [2.45, 2.75) is 45.6 Å². The van der Waals surface area contributed by atoms with Gasteiger partial charge in [0.1, 0.15) is 5.76 Å². The van der Waals surface area contributed by atoms with E-state index in [1.165, 1.54) is 0 Å². The predicted molar refractivity (Wildman–Crippen MR) is 94.0 cm³/mol. The zero-order valence-electron chi connectivity index (χ0n) is 14.8. The summed E-state index contributed by atoms with van der Waals surface area (Å²) in [4.78, 5) is 19.3. The van der Waals surface area contributed by atoms with Crippen molar-refractivity contribution in [3.8, 4) is 0 Å². The second-order valence-corrected chi connectivity index (χ2v) is 7.65. The average molecular weight is 326 g/mol. The average Bonchev–Trinajstić information content (AvgIpc) is 3.05. The fourth-order valence-corrected chi connectivity index (χ4v) is 3.11. The van der Waals surface area contributed by atoms with E-state index < -0.39 is 0 Å². The number of Topliss-reactive ketones (excluding diaryl/α,β-unsaturated/α-hetero) is 1. The molecule has 4 nitrogen and oxygen atoms in total. The highest BCUT2D eigenvalue weighted by Crippen LogP contribution is 2.25. The highest BCUT2D eigenvalue weighted by molar-refractivity contribution is 5.97. The molecule has 0 radical (unpaired) electrons. The Balaban J connectivity index is 1.54. The van der Waals surface area contributed by atoms with Gasteiger partial charge in [-0.3, -0.25) is 9.69 Å². The van der Waals surface area contributed by atoms with Gasteiger partial charge in [-0.2, -0.15) is 0 Å². The lowest BCUT2D eigenvalue weighted by atomic mass is 9.89. The van der Waals surface area contributed by atoms with E-state index in [1.807, 2.05) is 36.5 Å². The van der Waals surface area contributed by atoms with Crippen LogP contribution in [0.5, 0.6) is 0 Å². The number of nitrogens with zero attached hydrogens (tertiary/aromatic N) is 2. The Hall–Kier alpha value is -1.94. The molecular weight excluding hydrogens is 300 g/mol. The number of piperidine rings is 1. The van der Waals surface area contributed by atoms with Gasteiger partial charge in [-0.05, 0) is 25.9 Å². The van der Waals surface area contributed by atoms with Crippen molar-refractivity contribution in [1.29, 1.82) is 0 Å². The summed E-state index contributed by atoms with van der Waals surface area (Å²) < 4.78 is 5.87. The third-order valence-corrected chi connectivity index (χ3v) is 4.67. The highest BCUT2D eigenvalue weighted by atomic mass is 16.4. The van der Waals surface area contributed by atoms with E-state index in [1.54, 1.807) is 0 Å². The van der Waals surface area contributed by atoms with Crippen LogP contribution >= 0.6 is 0 Å². The van der Waals surface area contributed by atoms with E-state index in [2.05, 4.69) is 30.7 Å². The Morgan fingerprint density at radius 2 is 1.88 bits per heavy atom. The molecule has 1 saturated heterocycles. The maximum atomic E-state index is 12.5. The number of hydrogen-bond donors (Lipinski definition) is 0. The lowest BCUT2D eigenvalue weighted by molar-refractivity contribution is 0.0826. The largest absolute Gasteiger partial charge is 0.444 e. The van der Waals surface area contributed by atoms with Crippen LogP contribution in [0.3, 0.4) is 0 Å². The number of likely N-dealkylation sites (tertiary alicyclic amines) is 1. The molecule has 2 heterocycles. The number of benzene rings is 1. The zero-order valence-corrected chi connectivity index (χ0v) is 14.8. The Morgan fingerprint density at radius 1 is 1.21 bits per heavy atom. The van der Waals surface area contributed by atoms with Crippen LogP contribution in [-0.2, 0) is 12.0 Å². The number of hydrogen-bond acceptors (Lipinski definition) is 4. The predicted octanol–water partition coefficient (Wildman–Crippen LogP) is 4.07. The summed E-state index contributed by atoms with van der Waals surface area (Å²) >= 11 is 0. The molecule has 1 aliphatic heterocycles. The molecule has 0 amide bonds. The first-order chi connectivity index (χ1) is 11.4. The molecule has 0 bridgehead atoms. The minimum Gasteiger partial charge on any atom is -0.444 e. The summed E-state index contributed by atoms with van der Waals surface area (Å²) in [6.45, 7) is 8.92. The van der Waals surface area contributed by atoms with Crippen LogP contribution < -0.4 is 0 Å². The van der Waals surface area contributed by atoms with Crippen molar-refractivity contribution in [3.63, 3.8) is 0 Å². The van der Waals surface area contributed by atoms with E-state index in [0.717, 1.165) is 49.7 Å². The van der Waals surface area contributed by atoms with Gasteiger partial charge >= 0.3 is 0 Å². The summed E-state index contributed by atoms with van der Waals surface area (Å²) in [5.41, 5.74) is 0.818. The molecule has 0 aliphatic carbocycles. The van der Waals surface area contributed by atoms with Crippen LogP contribution in [0.2, 0.25) is 0 Å². The van der Waals surface area contributed by atoms with Crippen LogP contribution in [0.15, 0.2) is 40.9 Å². The molecule has 0 spiro atoms. The number of aromatic nitrogens is 1. The van der Waals surface area contributed by atoms with Gasteiger partial charge in [0.05, 0.1) is 12.7 Å². The van der Waals surface area contributed by atoms with Gasteiger partial charge in [-0.1, -0.05) is 51.1 Å². The number of carbonyl (C=O) groups is 1. The van der Waals surface area contributed by atoms with Gasteiger partial charge in [-0.25, -0.2) is 4.98 Å². The van der Waals surface area contributed by atoms with Gasteiger partial charge in [0.15, 0.2) is 5.78 Å². The molecule has 4 heteroatoms. The van der Waals surface area contributed by atoms with Crippen molar-refractivity contribution < 1.29 is 9.21 Å². The molecule has 24 heavy (non-hydrogen) atoms. The van der Waals surface area contributed by atoms with Crippen molar-refractivity contribution in [2.75, 3.05) is 13.1 Å². The third-order valence-electron chi connectivity index (χ3n) is 4.67.